The number of anilines is 1. The van der Waals surface area contributed by atoms with Crippen molar-refractivity contribution in [1.29, 1.82) is 0 Å². The van der Waals surface area contributed by atoms with Crippen molar-refractivity contribution in [3.05, 3.63) is 29.8 Å². The Labute approximate surface area is 122 Å². The lowest BCUT2D eigenvalue weighted by molar-refractivity contribution is -0.141. The molecule has 0 unspecified atom stereocenters. The molecule has 21 heavy (non-hydrogen) atoms. The van der Waals surface area contributed by atoms with E-state index in [1.54, 1.807) is 4.90 Å². The summed E-state index contributed by atoms with van der Waals surface area (Å²) in [6.07, 6.45) is 1.10. The van der Waals surface area contributed by atoms with Crippen LogP contribution in [-0.2, 0) is 11.2 Å². The number of urea groups is 1. The lowest BCUT2D eigenvalue weighted by Crippen LogP contribution is -2.49. The van der Waals surface area contributed by atoms with Gasteiger partial charge in [0.05, 0.1) is 6.10 Å². The number of carboxylic acid groups (broad SMARTS) is 1. The second-order valence-electron chi connectivity index (χ2n) is 5.56. The minimum absolute atomic E-state index is 0.0778. The molecule has 2 heterocycles. The highest BCUT2D eigenvalue weighted by Crippen LogP contribution is 2.29. The number of aliphatic carboxylic acids is 1. The molecule has 1 saturated heterocycles. The number of fused-ring (bicyclic) bond motifs is 1. The summed E-state index contributed by atoms with van der Waals surface area (Å²) in [4.78, 5) is 26.9. The molecule has 6 nitrogen and oxygen atoms in total. The first-order valence-electron chi connectivity index (χ1n) is 7.15. The van der Waals surface area contributed by atoms with Gasteiger partial charge in [-0.25, -0.2) is 9.59 Å². The molecule has 0 aliphatic carbocycles. The number of aryl methyl sites for hydroxylation is 1. The lowest BCUT2D eigenvalue weighted by atomic mass is 10.0. The maximum Gasteiger partial charge on any atom is 0.326 e. The third-order valence-corrected chi connectivity index (χ3v) is 4.15. The van der Waals surface area contributed by atoms with Crippen LogP contribution in [-0.4, -0.2) is 52.3 Å². The van der Waals surface area contributed by atoms with Gasteiger partial charge in [0.15, 0.2) is 0 Å². The number of aliphatic hydroxyl groups excluding tert-OH is 1. The summed E-state index contributed by atoms with van der Waals surface area (Å²) in [6.45, 7) is 0.656. The second kappa shape index (κ2) is 5.37. The van der Waals surface area contributed by atoms with Gasteiger partial charge in [0.25, 0.3) is 0 Å². The summed E-state index contributed by atoms with van der Waals surface area (Å²) in [5, 5.41) is 18.9. The Morgan fingerprint density at radius 2 is 2.00 bits per heavy atom. The molecular formula is C15H18N2O4. The van der Waals surface area contributed by atoms with Crippen LogP contribution in [0.3, 0.4) is 0 Å². The number of carbonyl (C=O) groups is 2. The molecule has 112 valence electrons. The van der Waals surface area contributed by atoms with Crippen LogP contribution in [0.15, 0.2) is 24.3 Å². The lowest BCUT2D eigenvalue weighted by Gasteiger charge is -2.34. The van der Waals surface area contributed by atoms with Crippen molar-refractivity contribution < 1.29 is 19.8 Å². The van der Waals surface area contributed by atoms with Crippen molar-refractivity contribution in [2.24, 2.45) is 0 Å². The number of benzene rings is 1. The number of nitrogens with zero attached hydrogens (tertiary/aromatic N) is 2. The predicted octanol–water partition coefficient (Wildman–Crippen LogP) is 1.08. The quantitative estimate of drug-likeness (QED) is 0.811. The monoisotopic (exact) mass is 290 g/mol. The van der Waals surface area contributed by atoms with Gasteiger partial charge >= 0.3 is 12.0 Å². The molecule has 0 spiro atoms. The van der Waals surface area contributed by atoms with Crippen LogP contribution in [0.4, 0.5) is 10.5 Å². The highest BCUT2D eigenvalue weighted by atomic mass is 16.4. The molecule has 3 rings (SSSR count). The average molecular weight is 290 g/mol. The van der Waals surface area contributed by atoms with Crippen molar-refractivity contribution in [3.8, 4) is 0 Å². The number of hydrogen-bond donors (Lipinski definition) is 2. The number of hydrogen-bond acceptors (Lipinski definition) is 3. The molecule has 1 aromatic carbocycles. The van der Waals surface area contributed by atoms with Crippen molar-refractivity contribution in [2.45, 2.75) is 31.4 Å². The molecule has 1 fully saturated rings. The summed E-state index contributed by atoms with van der Waals surface area (Å²) in [5.41, 5.74) is 1.95. The average Bonchev–Trinajstić information content (AvgIpc) is 2.88. The van der Waals surface area contributed by atoms with E-state index in [9.17, 15) is 19.8 Å². The molecular weight excluding hydrogens is 272 g/mol. The second-order valence-corrected chi connectivity index (χ2v) is 5.56. The first kappa shape index (κ1) is 13.9. The molecule has 0 saturated carbocycles. The van der Waals surface area contributed by atoms with Crippen LogP contribution < -0.4 is 4.90 Å². The van der Waals surface area contributed by atoms with Crippen LogP contribution in [0, 0.1) is 0 Å². The van der Waals surface area contributed by atoms with E-state index in [0.717, 1.165) is 24.1 Å². The molecule has 2 aliphatic heterocycles. The highest BCUT2D eigenvalue weighted by molar-refractivity contribution is 5.96. The van der Waals surface area contributed by atoms with Gasteiger partial charge in [0.1, 0.15) is 6.04 Å². The summed E-state index contributed by atoms with van der Waals surface area (Å²) < 4.78 is 0. The summed E-state index contributed by atoms with van der Waals surface area (Å²) in [7, 11) is 0. The first-order chi connectivity index (χ1) is 10.1. The van der Waals surface area contributed by atoms with Crippen molar-refractivity contribution in [1.82, 2.24) is 4.90 Å². The van der Waals surface area contributed by atoms with Gasteiger partial charge in [-0.1, -0.05) is 18.2 Å². The zero-order chi connectivity index (χ0) is 15.0. The Morgan fingerprint density at radius 3 is 2.76 bits per heavy atom. The SMILES string of the molecule is O=C(O)[C@@H]1C[C@H](O)CN1C(=O)N1CCCc2ccccc21. The number of likely N-dealkylation sites (tertiary alicyclic amines) is 1. The molecule has 2 N–H and O–H groups in total. The highest BCUT2D eigenvalue weighted by Gasteiger charge is 2.41. The van der Waals surface area contributed by atoms with E-state index in [4.69, 9.17) is 0 Å². The molecule has 0 radical (unpaired) electrons. The minimum Gasteiger partial charge on any atom is -0.480 e. The number of rotatable bonds is 1. The van der Waals surface area contributed by atoms with E-state index in [-0.39, 0.29) is 19.0 Å². The van der Waals surface area contributed by atoms with Gasteiger partial charge in [0, 0.05) is 25.2 Å². The fourth-order valence-electron chi connectivity index (χ4n) is 3.15. The maximum atomic E-state index is 12.7. The molecule has 2 amide bonds. The predicted molar refractivity (Wildman–Crippen MR) is 76.3 cm³/mol. The number of carboxylic acids is 1. The van der Waals surface area contributed by atoms with E-state index >= 15 is 0 Å². The fourth-order valence-corrected chi connectivity index (χ4v) is 3.15. The number of para-hydroxylation sites is 1. The molecule has 1 aromatic rings. The summed E-state index contributed by atoms with van der Waals surface area (Å²) >= 11 is 0. The minimum atomic E-state index is -1.06. The van der Waals surface area contributed by atoms with Crippen molar-refractivity contribution in [2.75, 3.05) is 18.0 Å². The third kappa shape index (κ3) is 2.47. The number of aliphatic hydroxyl groups is 1. The van der Waals surface area contributed by atoms with E-state index in [0.29, 0.717) is 6.54 Å². The zero-order valence-electron chi connectivity index (χ0n) is 11.6. The van der Waals surface area contributed by atoms with Crippen LogP contribution in [0.2, 0.25) is 0 Å². The molecule has 2 aliphatic rings. The number of carbonyl (C=O) groups excluding carboxylic acids is 1. The van der Waals surface area contributed by atoms with Gasteiger partial charge in [-0.3, -0.25) is 4.90 Å². The smallest absolute Gasteiger partial charge is 0.326 e. The van der Waals surface area contributed by atoms with E-state index in [1.165, 1.54) is 4.90 Å². The number of β-amino-alcohol motifs (C(OH)–C–C–N with tert-alkyl or cyclic N) is 1. The standard InChI is InChI=1S/C15H18N2O4/c18-11-8-13(14(19)20)17(9-11)15(21)16-7-3-5-10-4-1-2-6-12(10)16/h1-2,4,6,11,13,18H,3,5,7-9H2,(H,19,20)/t11-,13-/m0/s1. The van der Waals surface area contributed by atoms with E-state index in [2.05, 4.69) is 0 Å². The maximum absolute atomic E-state index is 12.7. The Kier molecular flexibility index (Phi) is 3.55. The van der Waals surface area contributed by atoms with Crippen molar-refractivity contribution >= 4 is 17.7 Å². The molecule has 6 heteroatoms. The van der Waals surface area contributed by atoms with Crippen LogP contribution in [0.1, 0.15) is 18.4 Å². The van der Waals surface area contributed by atoms with Crippen molar-refractivity contribution in [3.63, 3.8) is 0 Å². The Morgan fingerprint density at radius 1 is 1.24 bits per heavy atom. The van der Waals surface area contributed by atoms with Gasteiger partial charge in [-0.05, 0) is 24.5 Å². The van der Waals surface area contributed by atoms with Gasteiger partial charge < -0.3 is 15.1 Å². The van der Waals surface area contributed by atoms with Gasteiger partial charge in [0.2, 0.25) is 0 Å². The summed E-state index contributed by atoms with van der Waals surface area (Å²) in [5.74, 6) is -1.06. The Bertz CT molecular complexity index is 575. The first-order valence-corrected chi connectivity index (χ1v) is 7.15. The zero-order valence-corrected chi connectivity index (χ0v) is 11.6. The molecule has 0 bridgehead atoms. The van der Waals surface area contributed by atoms with Crippen LogP contribution in [0.25, 0.3) is 0 Å². The Balaban J connectivity index is 1.87. The van der Waals surface area contributed by atoms with E-state index < -0.39 is 18.1 Å². The third-order valence-electron chi connectivity index (χ3n) is 4.15. The fraction of sp³-hybridized carbons (Fsp3) is 0.467. The largest absolute Gasteiger partial charge is 0.480 e. The van der Waals surface area contributed by atoms with Gasteiger partial charge in [-0.2, -0.15) is 0 Å². The van der Waals surface area contributed by atoms with Crippen LogP contribution in [0.5, 0.6) is 0 Å². The number of amides is 2. The molecule has 2 atom stereocenters. The summed E-state index contributed by atoms with van der Waals surface area (Å²) in [6, 6.07) is 6.41. The molecule has 0 aromatic heterocycles. The topological polar surface area (TPSA) is 81.1 Å². The Hall–Kier alpha value is -2.08. The van der Waals surface area contributed by atoms with E-state index in [1.807, 2.05) is 24.3 Å². The van der Waals surface area contributed by atoms with Gasteiger partial charge in [-0.15, -0.1) is 0 Å². The van der Waals surface area contributed by atoms with Crippen LogP contribution >= 0.6 is 0 Å². The normalized spacial score (nSPS) is 24.8.